The molecule has 1 fully saturated rings. The molecule has 0 aliphatic carbocycles. The molecule has 0 radical (unpaired) electrons. The minimum Gasteiger partial charge on any atom is -0.503 e. The molecule has 28 heavy (non-hydrogen) atoms. The summed E-state index contributed by atoms with van der Waals surface area (Å²) in [5.74, 6) is -0.423. The molecule has 2 aliphatic rings. The molecule has 3 rings (SSSR count). The van der Waals surface area contributed by atoms with Gasteiger partial charge in [-0.2, -0.15) is 0 Å². The standard InChI is InChI=1S/C22H30N2O4/c1-15(2)28-18-9-7-17(8-10-18)20-19(16(3)25)21(26)22(27)24(20)14-13-23-11-5-4-6-12-23/h7-10,15,20,26H,4-6,11-14H2,1-3H3. The van der Waals surface area contributed by atoms with E-state index in [0.717, 1.165) is 30.9 Å². The molecule has 6 nitrogen and oxygen atoms in total. The van der Waals surface area contributed by atoms with Gasteiger partial charge in [0.15, 0.2) is 11.5 Å². The van der Waals surface area contributed by atoms with E-state index in [1.165, 1.54) is 26.2 Å². The van der Waals surface area contributed by atoms with E-state index in [2.05, 4.69) is 4.90 Å². The topological polar surface area (TPSA) is 70.1 Å². The van der Waals surface area contributed by atoms with Crippen molar-refractivity contribution in [3.63, 3.8) is 0 Å². The van der Waals surface area contributed by atoms with Crippen LogP contribution in [0, 0.1) is 0 Å². The number of hydrogen-bond donors (Lipinski definition) is 1. The Morgan fingerprint density at radius 3 is 2.36 bits per heavy atom. The quantitative estimate of drug-likeness (QED) is 0.779. The van der Waals surface area contributed by atoms with Gasteiger partial charge in [0, 0.05) is 13.1 Å². The summed E-state index contributed by atoms with van der Waals surface area (Å²) in [6.07, 6.45) is 3.67. The molecule has 0 bridgehead atoms. The van der Waals surface area contributed by atoms with Crippen LogP contribution < -0.4 is 4.74 Å². The number of aliphatic hydroxyl groups is 1. The number of Topliss-reactive ketones (excluding diaryl/α,β-unsaturated/α-hetero) is 1. The average molecular weight is 386 g/mol. The van der Waals surface area contributed by atoms with E-state index in [-0.39, 0.29) is 17.5 Å². The van der Waals surface area contributed by atoms with Crippen LogP contribution in [0.3, 0.4) is 0 Å². The Bertz CT molecular complexity index is 748. The Hall–Kier alpha value is -2.34. The lowest BCUT2D eigenvalue weighted by Gasteiger charge is -2.31. The van der Waals surface area contributed by atoms with Gasteiger partial charge in [-0.05, 0) is 64.4 Å². The van der Waals surface area contributed by atoms with Gasteiger partial charge >= 0.3 is 0 Å². The fourth-order valence-corrected chi connectivity index (χ4v) is 4.02. The Labute approximate surface area is 166 Å². The van der Waals surface area contributed by atoms with E-state index in [4.69, 9.17) is 4.74 Å². The van der Waals surface area contributed by atoms with Gasteiger partial charge in [-0.25, -0.2) is 0 Å². The van der Waals surface area contributed by atoms with Crippen LogP contribution in [0.5, 0.6) is 5.75 Å². The molecule has 0 spiro atoms. The normalized spacial score (nSPS) is 20.9. The predicted octanol–water partition coefficient (Wildman–Crippen LogP) is 3.24. The summed E-state index contributed by atoms with van der Waals surface area (Å²) in [6.45, 7) is 8.61. The maximum atomic E-state index is 12.7. The van der Waals surface area contributed by atoms with Crippen molar-refractivity contribution < 1.29 is 19.4 Å². The van der Waals surface area contributed by atoms with Crippen LogP contribution in [-0.4, -0.2) is 58.9 Å². The van der Waals surface area contributed by atoms with Crippen LogP contribution in [0.4, 0.5) is 0 Å². The molecule has 1 N–H and O–H groups in total. The third-order valence-corrected chi connectivity index (χ3v) is 5.36. The number of carbonyl (C=O) groups is 2. The van der Waals surface area contributed by atoms with Gasteiger partial charge in [-0.1, -0.05) is 18.6 Å². The number of amides is 1. The van der Waals surface area contributed by atoms with Crippen molar-refractivity contribution in [2.45, 2.75) is 52.2 Å². The molecule has 1 unspecified atom stereocenters. The number of benzene rings is 1. The highest BCUT2D eigenvalue weighted by atomic mass is 16.5. The Morgan fingerprint density at radius 2 is 1.79 bits per heavy atom. The zero-order chi connectivity index (χ0) is 20.3. The molecule has 152 valence electrons. The number of rotatable bonds is 7. The summed E-state index contributed by atoms with van der Waals surface area (Å²) in [7, 11) is 0. The molecule has 0 aromatic heterocycles. The number of ketones is 1. The molecule has 1 aromatic carbocycles. The number of likely N-dealkylation sites (tertiary alicyclic amines) is 1. The van der Waals surface area contributed by atoms with Gasteiger partial charge in [-0.3, -0.25) is 9.59 Å². The monoisotopic (exact) mass is 386 g/mol. The fraction of sp³-hybridized carbons (Fsp3) is 0.545. The molecular weight excluding hydrogens is 356 g/mol. The first-order valence-electron chi connectivity index (χ1n) is 10.1. The van der Waals surface area contributed by atoms with E-state index in [0.29, 0.717) is 6.54 Å². The summed E-state index contributed by atoms with van der Waals surface area (Å²) in [5, 5.41) is 10.4. The summed E-state index contributed by atoms with van der Waals surface area (Å²) < 4.78 is 5.69. The highest BCUT2D eigenvalue weighted by Crippen LogP contribution is 2.38. The second kappa shape index (κ2) is 8.78. The first-order valence-corrected chi connectivity index (χ1v) is 10.1. The lowest BCUT2D eigenvalue weighted by atomic mass is 9.96. The van der Waals surface area contributed by atoms with Crippen molar-refractivity contribution in [1.29, 1.82) is 0 Å². The molecule has 1 saturated heterocycles. The van der Waals surface area contributed by atoms with Gasteiger partial charge < -0.3 is 19.6 Å². The minimum atomic E-state index is -0.553. The first-order chi connectivity index (χ1) is 13.4. The Balaban J connectivity index is 1.83. The number of aliphatic hydroxyl groups excluding tert-OH is 1. The van der Waals surface area contributed by atoms with Crippen molar-refractivity contribution in [3.8, 4) is 5.75 Å². The molecule has 1 aromatic rings. The minimum absolute atomic E-state index is 0.0664. The van der Waals surface area contributed by atoms with Crippen molar-refractivity contribution in [2.75, 3.05) is 26.2 Å². The predicted molar refractivity (Wildman–Crippen MR) is 107 cm³/mol. The van der Waals surface area contributed by atoms with Crippen LogP contribution in [-0.2, 0) is 9.59 Å². The van der Waals surface area contributed by atoms with Gasteiger partial charge in [0.25, 0.3) is 5.91 Å². The van der Waals surface area contributed by atoms with Gasteiger partial charge in [-0.15, -0.1) is 0 Å². The third kappa shape index (κ3) is 4.38. The SMILES string of the molecule is CC(=O)C1=C(O)C(=O)N(CCN2CCCCC2)C1c1ccc(OC(C)C)cc1. The van der Waals surface area contributed by atoms with Crippen molar-refractivity contribution in [1.82, 2.24) is 9.80 Å². The van der Waals surface area contributed by atoms with E-state index in [9.17, 15) is 14.7 Å². The molecular formula is C22H30N2O4. The van der Waals surface area contributed by atoms with Gasteiger partial charge in [0.05, 0.1) is 17.7 Å². The zero-order valence-electron chi connectivity index (χ0n) is 17.0. The van der Waals surface area contributed by atoms with Gasteiger partial charge in [0.1, 0.15) is 5.75 Å². The zero-order valence-corrected chi connectivity index (χ0v) is 17.0. The second-order valence-corrected chi connectivity index (χ2v) is 7.86. The van der Waals surface area contributed by atoms with Crippen molar-refractivity contribution in [2.24, 2.45) is 0 Å². The number of hydrogen-bond acceptors (Lipinski definition) is 5. The number of ether oxygens (including phenoxy) is 1. The van der Waals surface area contributed by atoms with E-state index < -0.39 is 17.7 Å². The highest BCUT2D eigenvalue weighted by Gasteiger charge is 2.42. The maximum absolute atomic E-state index is 12.7. The van der Waals surface area contributed by atoms with Crippen LogP contribution >= 0.6 is 0 Å². The molecule has 6 heteroatoms. The molecule has 0 saturated carbocycles. The van der Waals surface area contributed by atoms with E-state index >= 15 is 0 Å². The number of nitrogens with zero attached hydrogens (tertiary/aromatic N) is 2. The Kier molecular flexibility index (Phi) is 6.39. The van der Waals surface area contributed by atoms with E-state index in [1.54, 1.807) is 4.90 Å². The van der Waals surface area contributed by atoms with Crippen molar-refractivity contribution in [3.05, 3.63) is 41.2 Å². The third-order valence-electron chi connectivity index (χ3n) is 5.36. The number of piperidine rings is 1. The molecule has 2 aliphatic heterocycles. The molecule has 1 atom stereocenters. The Morgan fingerprint density at radius 1 is 1.14 bits per heavy atom. The van der Waals surface area contributed by atoms with Crippen molar-refractivity contribution >= 4 is 11.7 Å². The highest BCUT2D eigenvalue weighted by molar-refractivity contribution is 6.08. The van der Waals surface area contributed by atoms with Crippen LogP contribution in [0.1, 0.15) is 51.6 Å². The summed E-state index contributed by atoms with van der Waals surface area (Å²) >= 11 is 0. The summed E-state index contributed by atoms with van der Waals surface area (Å²) in [6, 6.07) is 6.87. The van der Waals surface area contributed by atoms with E-state index in [1.807, 2.05) is 38.1 Å². The molecule has 1 amide bonds. The fourth-order valence-electron chi connectivity index (χ4n) is 4.02. The smallest absolute Gasteiger partial charge is 0.290 e. The summed E-state index contributed by atoms with van der Waals surface area (Å²) in [5.41, 5.74) is 0.985. The largest absolute Gasteiger partial charge is 0.503 e. The maximum Gasteiger partial charge on any atom is 0.290 e. The second-order valence-electron chi connectivity index (χ2n) is 7.86. The van der Waals surface area contributed by atoms with Gasteiger partial charge in [0.2, 0.25) is 0 Å². The number of carbonyl (C=O) groups excluding carboxylic acids is 2. The van der Waals surface area contributed by atoms with Crippen LogP contribution in [0.2, 0.25) is 0 Å². The van der Waals surface area contributed by atoms with Crippen LogP contribution in [0.25, 0.3) is 0 Å². The van der Waals surface area contributed by atoms with Crippen LogP contribution in [0.15, 0.2) is 35.6 Å². The summed E-state index contributed by atoms with van der Waals surface area (Å²) in [4.78, 5) is 28.9. The first kappa shape index (κ1) is 20.4. The lowest BCUT2D eigenvalue weighted by molar-refractivity contribution is -0.129. The molecule has 2 heterocycles. The lowest BCUT2D eigenvalue weighted by Crippen LogP contribution is -2.40. The average Bonchev–Trinajstić information content (AvgIpc) is 2.92.